The average Bonchev–Trinajstić information content (AvgIpc) is 1.94. The molecule has 0 unspecified atom stereocenters. The van der Waals surface area contributed by atoms with Gasteiger partial charge in [-0.05, 0) is 13.0 Å². The Morgan fingerprint density at radius 2 is 2.40 bits per heavy atom. The summed E-state index contributed by atoms with van der Waals surface area (Å²) in [4.78, 5) is 10.8. The van der Waals surface area contributed by atoms with E-state index in [-0.39, 0.29) is 11.9 Å². The van der Waals surface area contributed by atoms with E-state index in [0.717, 1.165) is 0 Å². The van der Waals surface area contributed by atoms with Crippen LogP contribution in [0.25, 0.3) is 0 Å². The fourth-order valence-corrected chi connectivity index (χ4v) is 0.788. The predicted molar refractivity (Wildman–Crippen MR) is 35.5 cm³/mol. The first-order valence-corrected chi connectivity index (χ1v) is 3.14. The number of hydrogen-bond donors (Lipinski definition) is 0. The molecule has 0 aliphatic carbocycles. The van der Waals surface area contributed by atoms with Gasteiger partial charge in [-0.15, -0.1) is 0 Å². The first kappa shape index (κ1) is 7.44. The third-order valence-corrected chi connectivity index (χ3v) is 1.32. The molecule has 0 aromatic heterocycles. The first-order chi connectivity index (χ1) is 4.74. The van der Waals surface area contributed by atoms with Gasteiger partial charge in [-0.1, -0.05) is 6.08 Å². The molecule has 0 aromatic rings. The molecular weight excluding hydrogens is 132 g/mol. The van der Waals surface area contributed by atoms with Crippen molar-refractivity contribution in [1.82, 2.24) is 0 Å². The third-order valence-electron chi connectivity index (χ3n) is 1.32. The lowest BCUT2D eigenvalue weighted by molar-refractivity contribution is -0.167. The van der Waals surface area contributed by atoms with Crippen molar-refractivity contribution in [2.24, 2.45) is 0 Å². The third kappa shape index (κ3) is 1.43. The largest absolute Gasteiger partial charge is 0.349 e. The van der Waals surface area contributed by atoms with Crippen molar-refractivity contribution in [3.8, 4) is 0 Å². The quantitative estimate of drug-likeness (QED) is 0.535. The van der Waals surface area contributed by atoms with Crippen LogP contribution in [-0.2, 0) is 14.3 Å². The molecule has 3 nitrogen and oxygen atoms in total. The number of ketones is 1. The lowest BCUT2D eigenvalue weighted by Crippen LogP contribution is -2.31. The van der Waals surface area contributed by atoms with E-state index in [1.165, 1.54) is 13.2 Å². The van der Waals surface area contributed by atoms with Gasteiger partial charge in [0.15, 0.2) is 0 Å². The summed E-state index contributed by atoms with van der Waals surface area (Å²) in [6.07, 6.45) is 2.47. The maximum atomic E-state index is 10.8. The standard InChI is InChI=1S/C7H10O3/c1-5-3-4-6(8)7(9-2)10-5/h3-5,7H,1-2H3/t5-,7+/m0/s1. The molecule has 1 aliphatic rings. The number of methoxy groups -OCH3 is 1. The van der Waals surface area contributed by atoms with Crippen molar-refractivity contribution in [3.05, 3.63) is 12.2 Å². The van der Waals surface area contributed by atoms with E-state index in [4.69, 9.17) is 9.47 Å². The van der Waals surface area contributed by atoms with Crippen LogP contribution in [0.5, 0.6) is 0 Å². The maximum absolute atomic E-state index is 10.8. The molecule has 10 heavy (non-hydrogen) atoms. The van der Waals surface area contributed by atoms with Crippen molar-refractivity contribution in [1.29, 1.82) is 0 Å². The monoisotopic (exact) mass is 142 g/mol. The van der Waals surface area contributed by atoms with Crippen molar-refractivity contribution >= 4 is 5.78 Å². The van der Waals surface area contributed by atoms with Gasteiger partial charge in [0.2, 0.25) is 12.1 Å². The predicted octanol–water partition coefficient (Wildman–Crippen LogP) is 0.503. The summed E-state index contributed by atoms with van der Waals surface area (Å²) < 4.78 is 9.84. The molecule has 0 radical (unpaired) electrons. The second-order valence-electron chi connectivity index (χ2n) is 2.17. The molecule has 0 saturated carbocycles. The Balaban J connectivity index is 2.62. The van der Waals surface area contributed by atoms with Crippen LogP contribution >= 0.6 is 0 Å². The van der Waals surface area contributed by atoms with E-state index in [0.29, 0.717) is 0 Å². The van der Waals surface area contributed by atoms with E-state index < -0.39 is 6.29 Å². The highest BCUT2D eigenvalue weighted by molar-refractivity contribution is 5.93. The number of carbonyl (C=O) groups excluding carboxylic acids is 1. The topological polar surface area (TPSA) is 35.5 Å². The number of rotatable bonds is 1. The summed E-state index contributed by atoms with van der Waals surface area (Å²) in [6.45, 7) is 1.86. The fourth-order valence-electron chi connectivity index (χ4n) is 0.788. The molecule has 56 valence electrons. The Labute approximate surface area is 59.6 Å². The highest BCUT2D eigenvalue weighted by Crippen LogP contribution is 2.08. The van der Waals surface area contributed by atoms with Crippen LogP contribution in [0.4, 0.5) is 0 Å². The first-order valence-electron chi connectivity index (χ1n) is 3.14. The minimum absolute atomic E-state index is 0.0253. The minimum atomic E-state index is -0.694. The Morgan fingerprint density at radius 1 is 1.70 bits per heavy atom. The molecule has 2 atom stereocenters. The number of ether oxygens (including phenoxy) is 2. The van der Waals surface area contributed by atoms with Crippen LogP contribution in [0, 0.1) is 0 Å². The van der Waals surface area contributed by atoms with Gasteiger partial charge in [0, 0.05) is 7.11 Å². The van der Waals surface area contributed by atoms with Crippen molar-refractivity contribution in [2.75, 3.05) is 7.11 Å². The molecule has 3 heteroatoms. The molecule has 0 N–H and O–H groups in total. The van der Waals surface area contributed by atoms with Crippen LogP contribution in [0.1, 0.15) is 6.92 Å². The summed E-state index contributed by atoms with van der Waals surface area (Å²) in [5.41, 5.74) is 0. The zero-order chi connectivity index (χ0) is 7.56. The second-order valence-corrected chi connectivity index (χ2v) is 2.17. The Hall–Kier alpha value is -0.670. The van der Waals surface area contributed by atoms with E-state index >= 15 is 0 Å². The normalized spacial score (nSPS) is 32.8. The molecule has 0 bridgehead atoms. The summed E-state index contributed by atoms with van der Waals surface area (Å²) in [7, 11) is 1.45. The van der Waals surface area contributed by atoms with Gasteiger partial charge in [-0.3, -0.25) is 4.79 Å². The van der Waals surface area contributed by atoms with E-state index in [9.17, 15) is 4.79 Å². The van der Waals surface area contributed by atoms with E-state index in [2.05, 4.69) is 0 Å². The molecule has 0 amide bonds. The van der Waals surface area contributed by atoms with Gasteiger partial charge in [-0.2, -0.15) is 0 Å². The van der Waals surface area contributed by atoms with Gasteiger partial charge in [0.25, 0.3) is 0 Å². The molecule has 1 heterocycles. The molecule has 0 saturated heterocycles. The van der Waals surface area contributed by atoms with E-state index in [1.807, 2.05) is 6.92 Å². The summed E-state index contributed by atoms with van der Waals surface area (Å²) >= 11 is 0. The second kappa shape index (κ2) is 2.94. The van der Waals surface area contributed by atoms with Gasteiger partial charge in [0.1, 0.15) is 0 Å². The average molecular weight is 142 g/mol. The smallest absolute Gasteiger partial charge is 0.222 e. The van der Waals surface area contributed by atoms with Gasteiger partial charge >= 0.3 is 0 Å². The Kier molecular flexibility index (Phi) is 2.19. The Morgan fingerprint density at radius 3 is 2.90 bits per heavy atom. The fraction of sp³-hybridized carbons (Fsp3) is 0.571. The van der Waals surface area contributed by atoms with Crippen LogP contribution in [0.2, 0.25) is 0 Å². The highest BCUT2D eigenvalue weighted by Gasteiger charge is 2.21. The molecule has 1 rings (SSSR count). The van der Waals surface area contributed by atoms with Gasteiger partial charge in [-0.25, -0.2) is 0 Å². The SMILES string of the molecule is CO[C@@H]1O[C@@H](C)C=CC1=O. The van der Waals surface area contributed by atoms with Crippen LogP contribution in [0.15, 0.2) is 12.2 Å². The zero-order valence-electron chi connectivity index (χ0n) is 6.03. The van der Waals surface area contributed by atoms with Crippen molar-refractivity contribution in [3.63, 3.8) is 0 Å². The van der Waals surface area contributed by atoms with Crippen molar-refractivity contribution in [2.45, 2.75) is 19.3 Å². The summed E-state index contributed by atoms with van der Waals surface area (Å²) in [5.74, 6) is -0.124. The molecule has 0 aromatic carbocycles. The van der Waals surface area contributed by atoms with Gasteiger partial charge < -0.3 is 9.47 Å². The van der Waals surface area contributed by atoms with Crippen molar-refractivity contribution < 1.29 is 14.3 Å². The van der Waals surface area contributed by atoms with Crippen LogP contribution in [-0.4, -0.2) is 25.3 Å². The Bertz CT molecular complexity index is 162. The number of hydrogen-bond acceptors (Lipinski definition) is 3. The van der Waals surface area contributed by atoms with Crippen LogP contribution in [0.3, 0.4) is 0 Å². The lowest BCUT2D eigenvalue weighted by Gasteiger charge is -2.20. The maximum Gasteiger partial charge on any atom is 0.222 e. The molecule has 0 spiro atoms. The number of carbonyl (C=O) groups is 1. The summed E-state index contributed by atoms with van der Waals surface area (Å²) in [5, 5.41) is 0. The molecular formula is C7H10O3. The minimum Gasteiger partial charge on any atom is -0.349 e. The molecule has 0 fully saturated rings. The molecule has 1 aliphatic heterocycles. The summed E-state index contributed by atoms with van der Waals surface area (Å²) in [6, 6.07) is 0. The van der Waals surface area contributed by atoms with Crippen LogP contribution < -0.4 is 0 Å². The lowest BCUT2D eigenvalue weighted by atomic mass is 10.2. The highest BCUT2D eigenvalue weighted by atomic mass is 16.7. The van der Waals surface area contributed by atoms with E-state index in [1.54, 1.807) is 6.08 Å². The zero-order valence-corrected chi connectivity index (χ0v) is 6.03. The van der Waals surface area contributed by atoms with Gasteiger partial charge in [0.05, 0.1) is 6.10 Å².